The van der Waals surface area contributed by atoms with Crippen LogP contribution in [0.25, 0.3) is 11.1 Å². The summed E-state index contributed by atoms with van der Waals surface area (Å²) in [6.45, 7) is 5.89. The monoisotopic (exact) mass is 424 g/mol. The number of hydrogen-bond acceptors (Lipinski definition) is 6. The van der Waals surface area contributed by atoms with Crippen LogP contribution in [-0.4, -0.2) is 46.2 Å². The fourth-order valence-electron chi connectivity index (χ4n) is 3.02. The third-order valence-corrected chi connectivity index (χ3v) is 4.79. The maximum Gasteiger partial charge on any atom is 0.434 e. The SMILES string of the molecule is CON(C)C(=O)OC(C(Oc1ccc(-c2ccccc2)cc1)n1cncn1)C(C)(C)C. The van der Waals surface area contributed by atoms with Crippen molar-refractivity contribution >= 4 is 6.09 Å². The molecule has 8 nitrogen and oxygen atoms in total. The first-order chi connectivity index (χ1) is 14.8. The molecule has 1 amide bonds. The second-order valence-corrected chi connectivity index (χ2v) is 8.12. The van der Waals surface area contributed by atoms with Gasteiger partial charge in [-0.2, -0.15) is 10.2 Å². The van der Waals surface area contributed by atoms with Gasteiger partial charge in [-0.05, 0) is 23.3 Å². The van der Waals surface area contributed by atoms with Gasteiger partial charge in [0.05, 0.1) is 7.11 Å². The van der Waals surface area contributed by atoms with Gasteiger partial charge in [0.2, 0.25) is 6.23 Å². The third-order valence-electron chi connectivity index (χ3n) is 4.79. The smallest absolute Gasteiger partial charge is 0.434 e. The number of ether oxygens (including phenoxy) is 2. The quantitative estimate of drug-likeness (QED) is 0.517. The summed E-state index contributed by atoms with van der Waals surface area (Å²) in [5.74, 6) is 0.616. The molecule has 0 radical (unpaired) electrons. The number of benzene rings is 2. The van der Waals surface area contributed by atoms with Crippen LogP contribution in [0.2, 0.25) is 0 Å². The Morgan fingerprint density at radius 3 is 2.23 bits per heavy atom. The number of hydroxylamine groups is 2. The standard InChI is InChI=1S/C23H28N4O4/c1-23(2,3)20(31-22(28)26(4)29-5)21(27-16-24-15-25-27)30-19-13-11-18(12-14-19)17-9-7-6-8-10-17/h6-16,20-21H,1-5H3. The maximum atomic E-state index is 12.4. The molecule has 1 aromatic heterocycles. The fraction of sp³-hybridized carbons (Fsp3) is 0.348. The fourth-order valence-corrected chi connectivity index (χ4v) is 3.02. The number of rotatable bonds is 7. The highest BCUT2D eigenvalue weighted by atomic mass is 16.7. The molecule has 0 fully saturated rings. The molecule has 0 saturated carbocycles. The van der Waals surface area contributed by atoms with Crippen molar-refractivity contribution < 1.29 is 19.1 Å². The topological polar surface area (TPSA) is 78.7 Å². The number of hydrogen-bond donors (Lipinski definition) is 0. The van der Waals surface area contributed by atoms with Crippen molar-refractivity contribution in [2.75, 3.05) is 14.2 Å². The Labute approximate surface area is 182 Å². The molecule has 0 N–H and O–H groups in total. The van der Waals surface area contributed by atoms with E-state index in [1.54, 1.807) is 4.68 Å². The van der Waals surface area contributed by atoms with E-state index in [4.69, 9.17) is 14.3 Å². The summed E-state index contributed by atoms with van der Waals surface area (Å²) in [6, 6.07) is 17.8. The number of carbonyl (C=O) groups is 1. The molecule has 0 aliphatic heterocycles. The Morgan fingerprint density at radius 1 is 1.03 bits per heavy atom. The summed E-state index contributed by atoms with van der Waals surface area (Å²) in [6.07, 6.45) is 0.899. The van der Waals surface area contributed by atoms with Crippen molar-refractivity contribution in [3.63, 3.8) is 0 Å². The predicted octanol–water partition coefficient (Wildman–Crippen LogP) is 4.57. The van der Waals surface area contributed by atoms with Gasteiger partial charge in [0.15, 0.2) is 6.10 Å². The van der Waals surface area contributed by atoms with Crippen molar-refractivity contribution in [1.29, 1.82) is 0 Å². The summed E-state index contributed by atoms with van der Waals surface area (Å²) in [7, 11) is 2.88. The van der Waals surface area contributed by atoms with E-state index in [2.05, 4.69) is 22.2 Å². The number of amides is 1. The van der Waals surface area contributed by atoms with Crippen LogP contribution in [0.15, 0.2) is 67.3 Å². The zero-order chi connectivity index (χ0) is 22.4. The van der Waals surface area contributed by atoms with Crippen LogP contribution in [-0.2, 0) is 9.57 Å². The van der Waals surface area contributed by atoms with E-state index in [0.29, 0.717) is 5.75 Å². The van der Waals surface area contributed by atoms with E-state index in [-0.39, 0.29) is 0 Å². The van der Waals surface area contributed by atoms with Gasteiger partial charge in [-0.25, -0.2) is 14.5 Å². The molecular weight excluding hydrogens is 396 g/mol. The maximum absolute atomic E-state index is 12.4. The van der Waals surface area contributed by atoms with Gasteiger partial charge in [-0.15, -0.1) is 0 Å². The first-order valence-electron chi connectivity index (χ1n) is 9.94. The first kappa shape index (κ1) is 22.3. The summed E-state index contributed by atoms with van der Waals surface area (Å²) in [5, 5.41) is 5.25. The molecule has 31 heavy (non-hydrogen) atoms. The highest BCUT2D eigenvalue weighted by molar-refractivity contribution is 5.66. The Hall–Kier alpha value is -3.39. The van der Waals surface area contributed by atoms with Gasteiger partial charge in [0.1, 0.15) is 18.4 Å². The molecule has 2 atom stereocenters. The van der Waals surface area contributed by atoms with Gasteiger partial charge in [0.25, 0.3) is 0 Å². The average molecular weight is 425 g/mol. The molecule has 8 heteroatoms. The van der Waals surface area contributed by atoms with Crippen LogP contribution in [0.5, 0.6) is 5.75 Å². The number of nitrogens with zero attached hydrogens (tertiary/aromatic N) is 4. The van der Waals surface area contributed by atoms with Gasteiger partial charge < -0.3 is 9.47 Å². The van der Waals surface area contributed by atoms with Crippen molar-refractivity contribution in [3.8, 4) is 16.9 Å². The zero-order valence-corrected chi connectivity index (χ0v) is 18.4. The van der Waals surface area contributed by atoms with Crippen LogP contribution in [0.3, 0.4) is 0 Å². The van der Waals surface area contributed by atoms with E-state index in [1.165, 1.54) is 26.8 Å². The Balaban J connectivity index is 1.88. The highest BCUT2D eigenvalue weighted by Crippen LogP contribution is 2.34. The minimum Gasteiger partial charge on any atom is -0.465 e. The third kappa shape index (κ3) is 5.61. The molecule has 3 rings (SSSR count). The van der Waals surface area contributed by atoms with Crippen LogP contribution < -0.4 is 4.74 Å². The lowest BCUT2D eigenvalue weighted by Crippen LogP contribution is -2.44. The van der Waals surface area contributed by atoms with Crippen molar-refractivity contribution in [3.05, 3.63) is 67.3 Å². The number of aromatic nitrogens is 3. The second kappa shape index (κ2) is 9.61. The summed E-state index contributed by atoms with van der Waals surface area (Å²) < 4.78 is 13.6. The van der Waals surface area contributed by atoms with Crippen molar-refractivity contribution in [2.24, 2.45) is 5.41 Å². The minimum absolute atomic E-state index is 0.467. The molecule has 3 aromatic rings. The first-order valence-corrected chi connectivity index (χ1v) is 9.94. The summed E-state index contributed by atoms with van der Waals surface area (Å²) in [4.78, 5) is 21.4. The molecule has 0 spiro atoms. The number of carbonyl (C=O) groups excluding carboxylic acids is 1. The highest BCUT2D eigenvalue weighted by Gasteiger charge is 2.40. The van der Waals surface area contributed by atoms with Gasteiger partial charge in [-0.3, -0.25) is 4.84 Å². The van der Waals surface area contributed by atoms with E-state index >= 15 is 0 Å². The van der Waals surface area contributed by atoms with Gasteiger partial charge in [0, 0.05) is 12.5 Å². The van der Waals surface area contributed by atoms with Crippen LogP contribution in [0.4, 0.5) is 4.79 Å². The predicted molar refractivity (Wildman–Crippen MR) is 116 cm³/mol. The Kier molecular flexibility index (Phi) is 6.91. The average Bonchev–Trinajstić information content (AvgIpc) is 3.30. The van der Waals surface area contributed by atoms with Crippen LogP contribution in [0.1, 0.15) is 27.0 Å². The van der Waals surface area contributed by atoms with Crippen LogP contribution in [0, 0.1) is 5.41 Å². The van der Waals surface area contributed by atoms with E-state index < -0.39 is 23.8 Å². The van der Waals surface area contributed by atoms with Crippen molar-refractivity contribution in [1.82, 2.24) is 19.8 Å². The molecule has 0 saturated heterocycles. The summed E-state index contributed by atoms with van der Waals surface area (Å²) >= 11 is 0. The Bertz CT molecular complexity index is 954. The van der Waals surface area contributed by atoms with Gasteiger partial charge >= 0.3 is 6.09 Å². The minimum atomic E-state index is -0.737. The van der Waals surface area contributed by atoms with Gasteiger partial charge in [-0.1, -0.05) is 63.2 Å². The second-order valence-electron chi connectivity index (χ2n) is 8.12. The largest absolute Gasteiger partial charge is 0.465 e. The molecule has 1 heterocycles. The molecular formula is C23H28N4O4. The Morgan fingerprint density at radius 2 is 1.68 bits per heavy atom. The lowest BCUT2D eigenvalue weighted by molar-refractivity contribution is -0.134. The molecule has 2 unspecified atom stereocenters. The lowest BCUT2D eigenvalue weighted by Gasteiger charge is -2.36. The normalized spacial score (nSPS) is 13.3. The van der Waals surface area contributed by atoms with E-state index in [9.17, 15) is 4.79 Å². The van der Waals surface area contributed by atoms with E-state index in [0.717, 1.165) is 16.2 Å². The molecule has 164 valence electrons. The van der Waals surface area contributed by atoms with Crippen molar-refractivity contribution in [2.45, 2.75) is 33.1 Å². The zero-order valence-electron chi connectivity index (χ0n) is 18.4. The lowest BCUT2D eigenvalue weighted by atomic mass is 9.87. The molecule has 0 bridgehead atoms. The summed E-state index contributed by atoms with van der Waals surface area (Å²) in [5.41, 5.74) is 1.72. The van der Waals surface area contributed by atoms with E-state index in [1.807, 2.05) is 63.2 Å². The molecule has 0 aliphatic carbocycles. The molecule has 0 aliphatic rings. The van der Waals surface area contributed by atoms with Crippen LogP contribution >= 0.6 is 0 Å². The molecule has 2 aromatic carbocycles.